The lowest BCUT2D eigenvalue weighted by Crippen LogP contribution is -2.51. The molecule has 5 nitrogen and oxygen atoms in total. The topological polar surface area (TPSA) is 43.9 Å². The summed E-state index contributed by atoms with van der Waals surface area (Å²) in [7, 11) is 0. The van der Waals surface area contributed by atoms with Crippen LogP contribution in [0.25, 0.3) is 0 Å². The molecule has 0 bridgehead atoms. The lowest BCUT2D eigenvalue weighted by Gasteiger charge is -2.37. The Kier molecular flexibility index (Phi) is 5.96. The molecule has 0 saturated carbocycles. The first kappa shape index (κ1) is 19.2. The summed E-state index contributed by atoms with van der Waals surface area (Å²) in [5, 5.41) is 0.679. The zero-order valence-corrected chi connectivity index (χ0v) is 15.8. The molecular weight excluding hydrogens is 369 g/mol. The molecular formula is C20H21ClFN3O2. The summed E-state index contributed by atoms with van der Waals surface area (Å²) >= 11 is 6.04. The van der Waals surface area contributed by atoms with Gasteiger partial charge in [0.25, 0.3) is 0 Å². The van der Waals surface area contributed by atoms with E-state index >= 15 is 0 Å². The third kappa shape index (κ3) is 4.77. The van der Waals surface area contributed by atoms with Gasteiger partial charge in [-0.05, 0) is 36.4 Å². The number of hydrogen-bond acceptors (Lipinski definition) is 3. The number of carbonyl (C=O) groups excluding carboxylic acids is 2. The van der Waals surface area contributed by atoms with Crippen LogP contribution in [0.3, 0.4) is 0 Å². The smallest absolute Gasteiger partial charge is 0.242 e. The van der Waals surface area contributed by atoms with E-state index < -0.39 is 5.82 Å². The molecule has 27 heavy (non-hydrogen) atoms. The molecule has 2 amide bonds. The van der Waals surface area contributed by atoms with Crippen molar-refractivity contribution >= 4 is 34.8 Å². The highest BCUT2D eigenvalue weighted by Crippen LogP contribution is 2.21. The van der Waals surface area contributed by atoms with Crippen LogP contribution in [0.5, 0.6) is 0 Å². The number of hydrogen-bond donors (Lipinski definition) is 0. The monoisotopic (exact) mass is 389 g/mol. The molecule has 3 rings (SSSR count). The fourth-order valence-corrected chi connectivity index (χ4v) is 3.34. The molecule has 0 unspecified atom stereocenters. The van der Waals surface area contributed by atoms with Crippen molar-refractivity contribution in [2.75, 3.05) is 42.5 Å². The molecule has 1 heterocycles. The Morgan fingerprint density at radius 2 is 1.78 bits per heavy atom. The predicted molar refractivity (Wildman–Crippen MR) is 105 cm³/mol. The highest BCUT2D eigenvalue weighted by atomic mass is 35.5. The number of halogens is 2. The van der Waals surface area contributed by atoms with Gasteiger partial charge in [0.05, 0.1) is 0 Å². The molecule has 1 fully saturated rings. The highest BCUT2D eigenvalue weighted by Gasteiger charge is 2.24. The quantitative estimate of drug-likeness (QED) is 0.806. The molecule has 1 saturated heterocycles. The number of anilines is 2. The largest absolute Gasteiger partial charge is 0.368 e. The van der Waals surface area contributed by atoms with E-state index in [9.17, 15) is 14.0 Å². The summed E-state index contributed by atoms with van der Waals surface area (Å²) in [5.74, 6) is -0.895. The van der Waals surface area contributed by atoms with E-state index in [-0.39, 0.29) is 18.4 Å². The molecule has 0 atom stereocenters. The van der Waals surface area contributed by atoms with Crippen molar-refractivity contribution in [3.05, 3.63) is 59.4 Å². The summed E-state index contributed by atoms with van der Waals surface area (Å²) in [6, 6.07) is 13.3. The Hall–Kier alpha value is -2.60. The lowest BCUT2D eigenvalue weighted by atomic mass is 10.2. The van der Waals surface area contributed by atoms with Crippen LogP contribution in [0, 0.1) is 5.82 Å². The van der Waals surface area contributed by atoms with Crippen LogP contribution >= 0.6 is 11.6 Å². The average Bonchev–Trinajstić information content (AvgIpc) is 2.66. The van der Waals surface area contributed by atoms with Gasteiger partial charge in [-0.25, -0.2) is 4.39 Å². The third-order valence-corrected chi connectivity index (χ3v) is 4.83. The minimum atomic E-state index is -0.443. The molecule has 0 radical (unpaired) electrons. The van der Waals surface area contributed by atoms with Crippen molar-refractivity contribution in [3.8, 4) is 0 Å². The summed E-state index contributed by atoms with van der Waals surface area (Å²) in [5.41, 5.74) is 1.41. The Bertz CT molecular complexity index is 837. The van der Waals surface area contributed by atoms with Gasteiger partial charge >= 0.3 is 0 Å². The normalized spacial score (nSPS) is 14.2. The van der Waals surface area contributed by atoms with Gasteiger partial charge < -0.3 is 14.7 Å². The van der Waals surface area contributed by atoms with Crippen LogP contribution in [0.4, 0.5) is 15.8 Å². The zero-order chi connectivity index (χ0) is 19.4. The van der Waals surface area contributed by atoms with Crippen LogP contribution in [-0.2, 0) is 9.59 Å². The standard InChI is InChI=1S/C20H21ClFN3O2/c1-15(26)25(19-7-3-5-17(22)13-19)14-20(27)24-10-8-23(9-11-24)18-6-2-4-16(21)12-18/h2-7,12-13H,8-11,14H2,1H3. The second-order valence-corrected chi connectivity index (χ2v) is 6.87. The first-order chi connectivity index (χ1) is 12.9. The van der Waals surface area contributed by atoms with Gasteiger partial charge in [-0.1, -0.05) is 23.7 Å². The van der Waals surface area contributed by atoms with Crippen LogP contribution in [0.2, 0.25) is 5.02 Å². The third-order valence-electron chi connectivity index (χ3n) is 4.60. The second-order valence-electron chi connectivity index (χ2n) is 6.43. The molecule has 0 aromatic heterocycles. The fourth-order valence-electron chi connectivity index (χ4n) is 3.15. The summed E-state index contributed by atoms with van der Waals surface area (Å²) in [4.78, 5) is 29.8. The van der Waals surface area contributed by atoms with E-state index in [1.54, 1.807) is 11.0 Å². The van der Waals surface area contributed by atoms with Crippen molar-refractivity contribution in [1.29, 1.82) is 0 Å². The number of benzene rings is 2. The zero-order valence-electron chi connectivity index (χ0n) is 15.1. The Labute approximate surface area is 162 Å². The molecule has 1 aliphatic heterocycles. The van der Waals surface area contributed by atoms with Crippen molar-refractivity contribution in [1.82, 2.24) is 4.90 Å². The predicted octanol–water partition coefficient (Wildman–Crippen LogP) is 3.18. The molecule has 1 aliphatic rings. The average molecular weight is 390 g/mol. The van der Waals surface area contributed by atoms with Crippen LogP contribution < -0.4 is 9.80 Å². The molecule has 0 N–H and O–H groups in total. The van der Waals surface area contributed by atoms with Crippen molar-refractivity contribution < 1.29 is 14.0 Å². The number of piperazine rings is 1. The van der Waals surface area contributed by atoms with E-state index in [2.05, 4.69) is 4.90 Å². The van der Waals surface area contributed by atoms with Gasteiger partial charge in [0, 0.05) is 49.5 Å². The molecule has 142 valence electrons. The van der Waals surface area contributed by atoms with Gasteiger partial charge in [-0.15, -0.1) is 0 Å². The first-order valence-corrected chi connectivity index (χ1v) is 9.14. The van der Waals surface area contributed by atoms with Gasteiger partial charge in [0.15, 0.2) is 0 Å². The fraction of sp³-hybridized carbons (Fsp3) is 0.300. The lowest BCUT2D eigenvalue weighted by molar-refractivity contribution is -0.131. The molecule has 0 spiro atoms. The summed E-state index contributed by atoms with van der Waals surface area (Å²) < 4.78 is 13.5. The number of nitrogens with zero attached hydrogens (tertiary/aromatic N) is 3. The van der Waals surface area contributed by atoms with E-state index in [0.29, 0.717) is 36.9 Å². The van der Waals surface area contributed by atoms with Crippen LogP contribution in [0.1, 0.15) is 6.92 Å². The van der Waals surface area contributed by atoms with E-state index in [4.69, 9.17) is 11.6 Å². The Morgan fingerprint density at radius 1 is 1.07 bits per heavy atom. The molecule has 2 aromatic carbocycles. The van der Waals surface area contributed by atoms with Crippen LogP contribution in [-0.4, -0.2) is 49.4 Å². The van der Waals surface area contributed by atoms with Gasteiger partial charge in [0.2, 0.25) is 11.8 Å². The first-order valence-electron chi connectivity index (χ1n) is 8.76. The Morgan fingerprint density at radius 3 is 2.41 bits per heavy atom. The maximum Gasteiger partial charge on any atom is 0.242 e. The number of rotatable bonds is 4. The molecule has 7 heteroatoms. The molecule has 2 aromatic rings. The van der Waals surface area contributed by atoms with E-state index in [1.807, 2.05) is 24.3 Å². The second kappa shape index (κ2) is 8.39. The van der Waals surface area contributed by atoms with Crippen molar-refractivity contribution in [2.45, 2.75) is 6.92 Å². The maximum atomic E-state index is 13.5. The maximum absolute atomic E-state index is 13.5. The minimum absolute atomic E-state index is 0.101. The van der Waals surface area contributed by atoms with Crippen LogP contribution in [0.15, 0.2) is 48.5 Å². The summed E-state index contributed by atoms with van der Waals surface area (Å²) in [6.07, 6.45) is 0. The SMILES string of the molecule is CC(=O)N(CC(=O)N1CCN(c2cccc(Cl)c2)CC1)c1cccc(F)c1. The minimum Gasteiger partial charge on any atom is -0.368 e. The highest BCUT2D eigenvalue weighted by molar-refractivity contribution is 6.30. The van der Waals surface area contributed by atoms with E-state index in [0.717, 1.165) is 5.69 Å². The number of carbonyl (C=O) groups is 2. The molecule has 0 aliphatic carbocycles. The van der Waals surface area contributed by atoms with Gasteiger partial charge in [-0.2, -0.15) is 0 Å². The Balaban J connectivity index is 1.62. The van der Waals surface area contributed by atoms with Gasteiger partial charge in [-0.3, -0.25) is 9.59 Å². The van der Waals surface area contributed by atoms with E-state index in [1.165, 1.54) is 30.0 Å². The van der Waals surface area contributed by atoms with Crippen molar-refractivity contribution in [2.24, 2.45) is 0 Å². The van der Waals surface area contributed by atoms with Gasteiger partial charge in [0.1, 0.15) is 12.4 Å². The number of amides is 2. The van der Waals surface area contributed by atoms with Crippen molar-refractivity contribution in [3.63, 3.8) is 0 Å². The summed E-state index contributed by atoms with van der Waals surface area (Å²) in [6.45, 7) is 3.75.